The van der Waals surface area contributed by atoms with Crippen molar-refractivity contribution in [2.75, 3.05) is 0 Å². The topological polar surface area (TPSA) is 25.0 Å². The highest BCUT2D eigenvalue weighted by molar-refractivity contribution is 6.74. The van der Waals surface area contributed by atoms with Gasteiger partial charge in [-0.25, -0.2) is 0 Å². The summed E-state index contributed by atoms with van der Waals surface area (Å²) in [6, 6.07) is 8.07. The van der Waals surface area contributed by atoms with E-state index in [1.54, 1.807) is 0 Å². The molecule has 1 N–H and O–H groups in total. The van der Waals surface area contributed by atoms with E-state index < -0.39 is 8.32 Å². The van der Waals surface area contributed by atoms with E-state index in [2.05, 4.69) is 51.3 Å². The Hall–Kier alpha value is -1.76. The smallest absolute Gasteiger partial charge is 0.193 e. The average molecular weight is 312 g/mol. The van der Waals surface area contributed by atoms with Gasteiger partial charge in [-0.05, 0) is 24.2 Å². The highest BCUT2D eigenvalue weighted by Crippen LogP contribution is 2.40. The van der Waals surface area contributed by atoms with Gasteiger partial charge in [-0.2, -0.15) is 0 Å². The maximum absolute atomic E-state index is 6.50. The van der Waals surface area contributed by atoms with Crippen molar-refractivity contribution in [3.8, 4) is 12.3 Å². The minimum Gasteiger partial charge on any atom is -0.405 e. The summed E-state index contributed by atoms with van der Waals surface area (Å²) in [7, 11) is -1.92. The number of H-pyrrole nitrogens is 1. The van der Waals surface area contributed by atoms with Crippen molar-refractivity contribution < 1.29 is 4.43 Å². The Morgan fingerprint density at radius 1 is 1.32 bits per heavy atom. The average Bonchev–Trinajstić information content (AvgIpc) is 2.81. The molecule has 2 nitrogen and oxygen atoms in total. The fourth-order valence-corrected chi connectivity index (χ4v) is 3.45. The summed E-state index contributed by atoms with van der Waals surface area (Å²) in [6.07, 6.45) is 7.39. The van der Waals surface area contributed by atoms with Gasteiger partial charge in [0.15, 0.2) is 8.32 Å². The molecule has 0 aliphatic rings. The summed E-state index contributed by atoms with van der Waals surface area (Å²) in [6.45, 7) is 15.1. The van der Waals surface area contributed by atoms with E-state index in [4.69, 9.17) is 10.8 Å². The molecular formula is C19H25NOSi. The molecule has 0 saturated carbocycles. The molecule has 0 radical (unpaired) electrons. The lowest BCUT2D eigenvalue weighted by molar-refractivity contribution is 0.226. The first-order valence-electron chi connectivity index (χ1n) is 7.59. The summed E-state index contributed by atoms with van der Waals surface area (Å²) in [5.41, 5.74) is 2.85. The largest absolute Gasteiger partial charge is 0.405 e. The summed E-state index contributed by atoms with van der Waals surface area (Å²) in [5, 5.41) is 1.20. The van der Waals surface area contributed by atoms with E-state index >= 15 is 0 Å². The van der Waals surface area contributed by atoms with Crippen LogP contribution in [0.15, 0.2) is 36.9 Å². The maximum atomic E-state index is 6.50. The van der Waals surface area contributed by atoms with Crippen LogP contribution < -0.4 is 0 Å². The highest BCUT2D eigenvalue weighted by atomic mass is 28.4. The van der Waals surface area contributed by atoms with Crippen LogP contribution in [0.4, 0.5) is 0 Å². The van der Waals surface area contributed by atoms with Crippen LogP contribution in [0.1, 0.15) is 38.1 Å². The normalized spacial score (nSPS) is 13.8. The third-order valence-electron chi connectivity index (χ3n) is 4.61. The van der Waals surface area contributed by atoms with Crippen LogP contribution in [0.3, 0.4) is 0 Å². The number of terminal acetylenes is 1. The molecule has 1 aromatic heterocycles. The first kappa shape index (κ1) is 16.6. The van der Waals surface area contributed by atoms with Gasteiger partial charge in [0.25, 0.3) is 0 Å². The Labute approximate surface area is 134 Å². The number of hydrogen-bond donors (Lipinski definition) is 1. The Bertz CT molecular complexity index is 728. The molecule has 0 aliphatic heterocycles. The number of hydrogen-bond acceptors (Lipinski definition) is 1. The SMILES string of the molecule is C#Cc1c(C(C=C)O[Si](C)(C)C(C)(C)C)[nH]c2ccccc12. The van der Waals surface area contributed by atoms with Crippen molar-refractivity contribution in [1.82, 2.24) is 4.98 Å². The molecule has 0 fully saturated rings. The van der Waals surface area contributed by atoms with Crippen LogP contribution >= 0.6 is 0 Å². The first-order chi connectivity index (χ1) is 10.2. The lowest BCUT2D eigenvalue weighted by Gasteiger charge is -2.38. The van der Waals surface area contributed by atoms with Crippen molar-refractivity contribution in [2.45, 2.75) is 45.0 Å². The molecular weight excluding hydrogens is 286 g/mol. The molecule has 116 valence electrons. The van der Waals surface area contributed by atoms with Crippen molar-refractivity contribution >= 4 is 19.2 Å². The van der Waals surface area contributed by atoms with Crippen LogP contribution in [-0.4, -0.2) is 13.3 Å². The molecule has 0 aliphatic carbocycles. The van der Waals surface area contributed by atoms with E-state index in [0.29, 0.717) is 0 Å². The Balaban J connectivity index is 2.49. The molecule has 0 spiro atoms. The van der Waals surface area contributed by atoms with Gasteiger partial charge in [-0.15, -0.1) is 13.0 Å². The van der Waals surface area contributed by atoms with E-state index in [9.17, 15) is 0 Å². The van der Waals surface area contributed by atoms with Crippen molar-refractivity contribution in [3.63, 3.8) is 0 Å². The highest BCUT2D eigenvalue weighted by Gasteiger charge is 2.39. The quantitative estimate of drug-likeness (QED) is 0.456. The number of nitrogens with one attached hydrogen (secondary N) is 1. The van der Waals surface area contributed by atoms with Crippen molar-refractivity contribution in [2.24, 2.45) is 0 Å². The molecule has 1 heterocycles. The number of benzene rings is 1. The number of aromatic nitrogens is 1. The van der Waals surface area contributed by atoms with Crippen LogP contribution in [0, 0.1) is 12.3 Å². The van der Waals surface area contributed by atoms with E-state index in [1.807, 2.05) is 30.3 Å². The van der Waals surface area contributed by atoms with Gasteiger partial charge >= 0.3 is 0 Å². The standard InChI is InChI=1S/C19H25NOSi/c1-8-14-15-12-10-11-13-16(15)20-18(14)17(9-2)21-22(6,7)19(3,4)5/h1,9-13,17,20H,2H2,3-7H3. The second kappa shape index (κ2) is 5.79. The molecule has 2 rings (SSSR count). The maximum Gasteiger partial charge on any atom is 0.193 e. The predicted molar refractivity (Wildman–Crippen MR) is 97.5 cm³/mol. The molecule has 3 heteroatoms. The third-order valence-corrected chi connectivity index (χ3v) is 9.06. The van der Waals surface area contributed by atoms with Gasteiger partial charge < -0.3 is 9.41 Å². The summed E-state index contributed by atoms with van der Waals surface area (Å²) in [4.78, 5) is 3.42. The summed E-state index contributed by atoms with van der Waals surface area (Å²) in [5.74, 6) is 2.81. The molecule has 1 atom stereocenters. The van der Waals surface area contributed by atoms with Gasteiger partial charge in [0, 0.05) is 10.9 Å². The summed E-state index contributed by atoms with van der Waals surface area (Å²) >= 11 is 0. The number of fused-ring (bicyclic) bond motifs is 1. The van der Waals surface area contributed by atoms with Crippen LogP contribution in [-0.2, 0) is 4.43 Å². The summed E-state index contributed by atoms with van der Waals surface area (Å²) < 4.78 is 6.50. The van der Waals surface area contributed by atoms with Crippen molar-refractivity contribution in [3.05, 3.63) is 48.2 Å². The second-order valence-electron chi connectivity index (χ2n) is 7.14. The molecule has 0 bridgehead atoms. The Morgan fingerprint density at radius 2 is 1.95 bits per heavy atom. The van der Waals surface area contributed by atoms with E-state index in [-0.39, 0.29) is 11.1 Å². The second-order valence-corrected chi connectivity index (χ2v) is 11.9. The lowest BCUT2D eigenvalue weighted by Crippen LogP contribution is -2.41. The van der Waals surface area contributed by atoms with Gasteiger partial charge in [-0.1, -0.05) is 51.0 Å². The molecule has 1 unspecified atom stereocenters. The minimum atomic E-state index is -1.92. The van der Waals surface area contributed by atoms with E-state index in [1.165, 1.54) is 0 Å². The molecule has 22 heavy (non-hydrogen) atoms. The molecule has 0 amide bonds. The van der Waals surface area contributed by atoms with Gasteiger partial charge in [-0.3, -0.25) is 0 Å². The minimum absolute atomic E-state index is 0.135. The lowest BCUT2D eigenvalue weighted by atomic mass is 10.1. The number of para-hydroxylation sites is 1. The fourth-order valence-electron chi connectivity index (χ4n) is 2.25. The molecule has 0 saturated heterocycles. The Kier molecular flexibility index (Phi) is 4.37. The Morgan fingerprint density at radius 3 is 2.50 bits per heavy atom. The molecule has 2 aromatic rings. The van der Waals surface area contributed by atoms with Gasteiger partial charge in [0.1, 0.15) is 6.10 Å². The molecule has 1 aromatic carbocycles. The number of aromatic amines is 1. The van der Waals surface area contributed by atoms with Crippen LogP contribution in [0.25, 0.3) is 10.9 Å². The van der Waals surface area contributed by atoms with Gasteiger partial charge in [0.2, 0.25) is 0 Å². The predicted octanol–water partition coefficient (Wildman–Crippen LogP) is 5.40. The number of rotatable bonds is 4. The van der Waals surface area contributed by atoms with Crippen molar-refractivity contribution in [1.29, 1.82) is 0 Å². The zero-order valence-corrected chi connectivity index (χ0v) is 15.2. The van der Waals surface area contributed by atoms with Gasteiger partial charge in [0.05, 0.1) is 11.3 Å². The monoisotopic (exact) mass is 311 g/mol. The zero-order chi connectivity index (χ0) is 16.5. The zero-order valence-electron chi connectivity index (χ0n) is 14.2. The van der Waals surface area contributed by atoms with E-state index in [0.717, 1.165) is 22.2 Å². The first-order valence-corrected chi connectivity index (χ1v) is 10.5. The third kappa shape index (κ3) is 2.90. The van der Waals surface area contributed by atoms with Crippen LogP contribution in [0.2, 0.25) is 18.1 Å². The fraction of sp³-hybridized carbons (Fsp3) is 0.368. The van der Waals surface area contributed by atoms with Crippen LogP contribution in [0.5, 0.6) is 0 Å².